The normalized spacial score (nSPS) is 19.2. The molecule has 0 atom stereocenters. The summed E-state index contributed by atoms with van der Waals surface area (Å²) in [7, 11) is 0. The minimum Gasteiger partial charge on any atom is -0.356 e. The van der Waals surface area contributed by atoms with E-state index in [-0.39, 0.29) is 17.9 Å². The van der Waals surface area contributed by atoms with Crippen LogP contribution in [0.4, 0.5) is 4.79 Å². The highest BCUT2D eigenvalue weighted by molar-refractivity contribution is 5.79. The van der Waals surface area contributed by atoms with Crippen molar-refractivity contribution in [3.8, 4) is 0 Å². The molecule has 1 saturated heterocycles. The molecule has 0 unspecified atom stereocenters. The van der Waals surface area contributed by atoms with Crippen LogP contribution in [0.3, 0.4) is 0 Å². The molecule has 1 aliphatic carbocycles. The van der Waals surface area contributed by atoms with E-state index in [1.165, 1.54) is 32.1 Å². The minimum absolute atomic E-state index is 0.0325. The summed E-state index contributed by atoms with van der Waals surface area (Å²) in [4.78, 5) is 26.5. The van der Waals surface area contributed by atoms with Crippen molar-refractivity contribution < 1.29 is 9.59 Å². The Morgan fingerprint density at radius 2 is 1.62 bits per heavy atom. The summed E-state index contributed by atoms with van der Waals surface area (Å²) in [5.74, 6) is 0.897. The summed E-state index contributed by atoms with van der Waals surface area (Å²) in [6.07, 6.45) is 7.97. The molecule has 0 spiro atoms. The van der Waals surface area contributed by atoms with Crippen LogP contribution < -0.4 is 10.6 Å². The smallest absolute Gasteiger partial charge is 0.317 e. The standard InChI is InChI=1S/C21H31N3O2/c25-20(22-15-17-7-3-1-4-8-17)19-11-13-24(14-12-19)21(26)23-16-18-9-5-2-6-10-18/h2,5-6,9-10,17,19H,1,3-4,7-8,11-16H2,(H,22,25)(H,23,26). The lowest BCUT2D eigenvalue weighted by Crippen LogP contribution is -2.47. The summed E-state index contributed by atoms with van der Waals surface area (Å²) in [6.45, 7) is 2.68. The van der Waals surface area contributed by atoms with Gasteiger partial charge in [-0.25, -0.2) is 4.79 Å². The number of nitrogens with zero attached hydrogens (tertiary/aromatic N) is 1. The largest absolute Gasteiger partial charge is 0.356 e. The van der Waals surface area contributed by atoms with Gasteiger partial charge < -0.3 is 15.5 Å². The molecular formula is C21H31N3O2. The van der Waals surface area contributed by atoms with Crippen LogP contribution in [0, 0.1) is 11.8 Å². The number of amides is 3. The van der Waals surface area contributed by atoms with Gasteiger partial charge in [-0.3, -0.25) is 4.79 Å². The highest BCUT2D eigenvalue weighted by Crippen LogP contribution is 2.23. The van der Waals surface area contributed by atoms with Crippen molar-refractivity contribution in [2.75, 3.05) is 19.6 Å². The molecule has 142 valence electrons. The fourth-order valence-electron chi connectivity index (χ4n) is 4.01. The van der Waals surface area contributed by atoms with Gasteiger partial charge in [0.05, 0.1) is 0 Å². The number of hydrogen-bond acceptors (Lipinski definition) is 2. The van der Waals surface area contributed by atoms with Crippen molar-refractivity contribution in [1.29, 1.82) is 0 Å². The number of rotatable bonds is 5. The Morgan fingerprint density at radius 1 is 0.923 bits per heavy atom. The van der Waals surface area contributed by atoms with Gasteiger partial charge in [-0.05, 0) is 37.2 Å². The molecule has 3 amide bonds. The van der Waals surface area contributed by atoms with E-state index in [1.807, 2.05) is 35.2 Å². The minimum atomic E-state index is -0.0325. The zero-order valence-electron chi connectivity index (χ0n) is 15.6. The van der Waals surface area contributed by atoms with Gasteiger partial charge in [0.1, 0.15) is 0 Å². The number of piperidine rings is 1. The maximum absolute atomic E-state index is 12.4. The summed E-state index contributed by atoms with van der Waals surface area (Å²) < 4.78 is 0. The van der Waals surface area contributed by atoms with Gasteiger partial charge in [-0.1, -0.05) is 49.6 Å². The molecule has 1 heterocycles. The second-order valence-corrected chi connectivity index (χ2v) is 7.65. The van der Waals surface area contributed by atoms with Crippen molar-refractivity contribution in [2.45, 2.75) is 51.5 Å². The highest BCUT2D eigenvalue weighted by atomic mass is 16.2. The molecular weight excluding hydrogens is 326 g/mol. The highest BCUT2D eigenvalue weighted by Gasteiger charge is 2.27. The third-order valence-corrected chi connectivity index (χ3v) is 5.73. The first kappa shape index (κ1) is 18.7. The van der Waals surface area contributed by atoms with Crippen LogP contribution in [0.1, 0.15) is 50.5 Å². The molecule has 0 bridgehead atoms. The Morgan fingerprint density at radius 3 is 2.31 bits per heavy atom. The number of nitrogens with one attached hydrogen (secondary N) is 2. The fourth-order valence-corrected chi connectivity index (χ4v) is 4.01. The predicted octanol–water partition coefficient (Wildman–Crippen LogP) is 3.30. The molecule has 3 rings (SSSR count). The van der Waals surface area contributed by atoms with Crippen molar-refractivity contribution in [3.05, 3.63) is 35.9 Å². The lowest BCUT2D eigenvalue weighted by atomic mass is 9.89. The van der Waals surface area contributed by atoms with E-state index in [9.17, 15) is 9.59 Å². The maximum atomic E-state index is 12.4. The van der Waals surface area contributed by atoms with Crippen LogP contribution in [-0.2, 0) is 11.3 Å². The number of benzene rings is 1. The van der Waals surface area contributed by atoms with Crippen molar-refractivity contribution in [2.24, 2.45) is 11.8 Å². The van der Waals surface area contributed by atoms with E-state index < -0.39 is 0 Å². The Balaban J connectivity index is 1.35. The SMILES string of the molecule is O=C(NCC1CCCCC1)C1CCN(C(=O)NCc2ccccc2)CC1. The van der Waals surface area contributed by atoms with E-state index in [4.69, 9.17) is 0 Å². The van der Waals surface area contributed by atoms with Crippen LogP contribution in [-0.4, -0.2) is 36.5 Å². The molecule has 2 aliphatic rings. The molecule has 5 heteroatoms. The van der Waals surface area contributed by atoms with Crippen LogP contribution in [0.25, 0.3) is 0 Å². The van der Waals surface area contributed by atoms with E-state index in [2.05, 4.69) is 10.6 Å². The molecule has 1 aliphatic heterocycles. The second kappa shape index (κ2) is 9.60. The summed E-state index contributed by atoms with van der Waals surface area (Å²) in [6, 6.07) is 9.88. The van der Waals surface area contributed by atoms with Gasteiger partial charge in [0.15, 0.2) is 0 Å². The molecule has 1 saturated carbocycles. The third-order valence-electron chi connectivity index (χ3n) is 5.73. The van der Waals surface area contributed by atoms with E-state index in [1.54, 1.807) is 0 Å². The first-order chi connectivity index (χ1) is 12.7. The monoisotopic (exact) mass is 357 g/mol. The maximum Gasteiger partial charge on any atom is 0.317 e. The number of hydrogen-bond donors (Lipinski definition) is 2. The molecule has 2 fully saturated rings. The molecule has 26 heavy (non-hydrogen) atoms. The van der Waals surface area contributed by atoms with E-state index in [0.717, 1.165) is 24.9 Å². The summed E-state index contributed by atoms with van der Waals surface area (Å²) >= 11 is 0. The van der Waals surface area contributed by atoms with E-state index >= 15 is 0 Å². The van der Waals surface area contributed by atoms with Gasteiger partial charge in [0.25, 0.3) is 0 Å². The van der Waals surface area contributed by atoms with Gasteiger partial charge in [-0.15, -0.1) is 0 Å². The van der Waals surface area contributed by atoms with Gasteiger partial charge in [-0.2, -0.15) is 0 Å². The Bertz CT molecular complexity index is 576. The lowest BCUT2D eigenvalue weighted by molar-refractivity contribution is -0.126. The van der Waals surface area contributed by atoms with Gasteiger partial charge in [0.2, 0.25) is 5.91 Å². The van der Waals surface area contributed by atoms with Crippen LogP contribution in [0.15, 0.2) is 30.3 Å². The Labute approximate surface area is 156 Å². The first-order valence-electron chi connectivity index (χ1n) is 10.1. The molecule has 5 nitrogen and oxygen atoms in total. The first-order valence-corrected chi connectivity index (χ1v) is 10.1. The number of likely N-dealkylation sites (tertiary alicyclic amines) is 1. The summed E-state index contributed by atoms with van der Waals surface area (Å²) in [5, 5.41) is 6.12. The van der Waals surface area contributed by atoms with Crippen LogP contribution >= 0.6 is 0 Å². The van der Waals surface area contributed by atoms with Crippen LogP contribution in [0.2, 0.25) is 0 Å². The molecule has 0 radical (unpaired) electrons. The average molecular weight is 357 g/mol. The van der Waals surface area contributed by atoms with Crippen molar-refractivity contribution >= 4 is 11.9 Å². The summed E-state index contributed by atoms with van der Waals surface area (Å²) in [5.41, 5.74) is 1.10. The van der Waals surface area contributed by atoms with Crippen molar-refractivity contribution in [1.82, 2.24) is 15.5 Å². The van der Waals surface area contributed by atoms with Crippen LogP contribution in [0.5, 0.6) is 0 Å². The lowest BCUT2D eigenvalue weighted by Gasteiger charge is -2.32. The van der Waals surface area contributed by atoms with E-state index in [0.29, 0.717) is 25.6 Å². The van der Waals surface area contributed by atoms with Crippen molar-refractivity contribution in [3.63, 3.8) is 0 Å². The molecule has 0 aromatic heterocycles. The van der Waals surface area contributed by atoms with Gasteiger partial charge in [0, 0.05) is 32.1 Å². The zero-order valence-corrected chi connectivity index (χ0v) is 15.6. The molecule has 2 N–H and O–H groups in total. The predicted molar refractivity (Wildman–Crippen MR) is 103 cm³/mol. The average Bonchev–Trinajstić information content (AvgIpc) is 2.72. The Kier molecular flexibility index (Phi) is 6.92. The number of carbonyl (C=O) groups is 2. The molecule has 1 aromatic carbocycles. The zero-order chi connectivity index (χ0) is 18.2. The quantitative estimate of drug-likeness (QED) is 0.849. The third kappa shape index (κ3) is 5.48. The molecule has 1 aromatic rings. The number of carbonyl (C=O) groups excluding carboxylic acids is 2. The van der Waals surface area contributed by atoms with Gasteiger partial charge >= 0.3 is 6.03 Å². The Hall–Kier alpha value is -2.04. The topological polar surface area (TPSA) is 61.4 Å². The second-order valence-electron chi connectivity index (χ2n) is 7.65. The number of urea groups is 1. The fraction of sp³-hybridized carbons (Fsp3) is 0.619.